The van der Waals surface area contributed by atoms with Crippen molar-refractivity contribution in [3.8, 4) is 0 Å². The molecule has 2 rings (SSSR count). The second-order valence-electron chi connectivity index (χ2n) is 7.20. The van der Waals surface area contributed by atoms with E-state index >= 15 is 0 Å². The van der Waals surface area contributed by atoms with Crippen LogP contribution in [0.5, 0.6) is 0 Å². The lowest BCUT2D eigenvalue weighted by molar-refractivity contribution is -0.140. The quantitative estimate of drug-likeness (QED) is 0.725. The Kier molecular flexibility index (Phi) is 4.25. The number of rotatable bonds is 5. The summed E-state index contributed by atoms with van der Waals surface area (Å²) in [5.74, 6) is -0.766. The summed E-state index contributed by atoms with van der Waals surface area (Å²) in [6.07, 6.45) is 6.26. The number of carbonyl (C=O) groups is 2. The molecule has 1 atom stereocenters. The average molecular weight is 282 g/mol. The predicted molar refractivity (Wildman–Crippen MR) is 76.5 cm³/mol. The maximum absolute atomic E-state index is 11.9. The topological polar surface area (TPSA) is 78.4 Å². The molecule has 0 aliphatic heterocycles. The van der Waals surface area contributed by atoms with Gasteiger partial charge in [0.25, 0.3) is 0 Å². The van der Waals surface area contributed by atoms with Gasteiger partial charge in [0, 0.05) is 12.6 Å². The van der Waals surface area contributed by atoms with Crippen molar-refractivity contribution in [2.24, 2.45) is 10.8 Å². The lowest BCUT2D eigenvalue weighted by Gasteiger charge is -2.36. The van der Waals surface area contributed by atoms with Gasteiger partial charge in [-0.3, -0.25) is 4.79 Å². The van der Waals surface area contributed by atoms with E-state index in [1.165, 1.54) is 6.42 Å². The van der Waals surface area contributed by atoms with Gasteiger partial charge in [0.2, 0.25) is 0 Å². The third-order valence-corrected chi connectivity index (χ3v) is 4.88. The zero-order valence-corrected chi connectivity index (χ0v) is 12.5. The van der Waals surface area contributed by atoms with Crippen molar-refractivity contribution in [2.75, 3.05) is 6.54 Å². The molecule has 0 spiro atoms. The first kappa shape index (κ1) is 15.1. The van der Waals surface area contributed by atoms with Crippen LogP contribution in [0, 0.1) is 10.8 Å². The Morgan fingerprint density at radius 1 is 1.20 bits per heavy atom. The highest BCUT2D eigenvalue weighted by Gasteiger charge is 2.46. The Labute approximate surface area is 120 Å². The number of carboxylic acids is 1. The summed E-state index contributed by atoms with van der Waals surface area (Å²) in [6, 6.07) is 0.0974. The van der Waals surface area contributed by atoms with Crippen LogP contribution in [-0.2, 0) is 4.79 Å². The molecule has 20 heavy (non-hydrogen) atoms. The molecule has 2 aliphatic rings. The molecule has 0 bridgehead atoms. The SMILES string of the molecule is CC1(C)CC1NC(=O)NCC1(CC(=O)O)CCCCC1. The van der Waals surface area contributed by atoms with Gasteiger partial charge in [-0.1, -0.05) is 33.1 Å². The number of carbonyl (C=O) groups excluding carboxylic acids is 1. The van der Waals surface area contributed by atoms with Crippen LogP contribution in [0.15, 0.2) is 0 Å². The van der Waals surface area contributed by atoms with Crippen molar-refractivity contribution in [3.63, 3.8) is 0 Å². The molecule has 5 nitrogen and oxygen atoms in total. The third kappa shape index (κ3) is 3.87. The Morgan fingerprint density at radius 3 is 2.30 bits per heavy atom. The number of nitrogens with one attached hydrogen (secondary N) is 2. The largest absolute Gasteiger partial charge is 0.481 e. The summed E-state index contributed by atoms with van der Waals surface area (Å²) >= 11 is 0. The van der Waals surface area contributed by atoms with Crippen LogP contribution in [0.2, 0.25) is 0 Å². The maximum atomic E-state index is 11.9. The highest BCUT2D eigenvalue weighted by molar-refractivity contribution is 5.75. The van der Waals surface area contributed by atoms with Gasteiger partial charge in [-0.2, -0.15) is 0 Å². The molecule has 2 fully saturated rings. The molecule has 1 unspecified atom stereocenters. The minimum atomic E-state index is -0.766. The van der Waals surface area contributed by atoms with E-state index in [1.807, 2.05) is 0 Å². The number of hydrogen-bond donors (Lipinski definition) is 3. The molecule has 0 radical (unpaired) electrons. The second kappa shape index (κ2) is 5.62. The van der Waals surface area contributed by atoms with Crippen molar-refractivity contribution in [3.05, 3.63) is 0 Å². The summed E-state index contributed by atoms with van der Waals surface area (Å²) in [4.78, 5) is 22.9. The first-order valence-electron chi connectivity index (χ1n) is 7.59. The van der Waals surface area contributed by atoms with Gasteiger partial charge in [-0.25, -0.2) is 4.79 Å². The van der Waals surface area contributed by atoms with Gasteiger partial charge in [-0.15, -0.1) is 0 Å². The third-order valence-electron chi connectivity index (χ3n) is 4.88. The Hall–Kier alpha value is -1.26. The first-order chi connectivity index (χ1) is 9.33. The molecule has 0 aromatic carbocycles. The van der Waals surface area contributed by atoms with E-state index in [1.54, 1.807) is 0 Å². The van der Waals surface area contributed by atoms with Gasteiger partial charge in [0.1, 0.15) is 0 Å². The fourth-order valence-electron chi connectivity index (χ4n) is 3.23. The monoisotopic (exact) mass is 282 g/mol. The number of urea groups is 1. The molecule has 2 amide bonds. The Balaban J connectivity index is 1.82. The number of hydrogen-bond acceptors (Lipinski definition) is 2. The van der Waals surface area contributed by atoms with Crippen molar-refractivity contribution >= 4 is 12.0 Å². The van der Waals surface area contributed by atoms with E-state index < -0.39 is 5.97 Å². The summed E-state index contributed by atoms with van der Waals surface area (Å²) in [5, 5.41) is 14.9. The molecule has 0 saturated heterocycles. The molecule has 0 aromatic rings. The zero-order chi connectivity index (χ0) is 14.8. The number of carboxylic acid groups (broad SMARTS) is 1. The van der Waals surface area contributed by atoms with E-state index in [0.29, 0.717) is 6.54 Å². The molecular weight excluding hydrogens is 256 g/mol. The second-order valence-corrected chi connectivity index (χ2v) is 7.20. The van der Waals surface area contributed by atoms with Crippen molar-refractivity contribution in [1.82, 2.24) is 10.6 Å². The van der Waals surface area contributed by atoms with Crippen LogP contribution in [0.25, 0.3) is 0 Å². The van der Waals surface area contributed by atoms with Crippen molar-refractivity contribution in [2.45, 2.75) is 64.8 Å². The minimum Gasteiger partial charge on any atom is -0.481 e. The maximum Gasteiger partial charge on any atom is 0.315 e. The first-order valence-corrected chi connectivity index (χ1v) is 7.59. The molecular formula is C15H26N2O3. The lowest BCUT2D eigenvalue weighted by atomic mass is 9.72. The van der Waals surface area contributed by atoms with E-state index in [0.717, 1.165) is 32.1 Å². The molecule has 2 saturated carbocycles. The van der Waals surface area contributed by atoms with Crippen LogP contribution in [0.1, 0.15) is 58.8 Å². The summed E-state index contributed by atoms with van der Waals surface area (Å²) in [7, 11) is 0. The minimum absolute atomic E-state index is 0.155. The van der Waals surface area contributed by atoms with E-state index in [9.17, 15) is 9.59 Å². The van der Waals surface area contributed by atoms with E-state index in [2.05, 4.69) is 24.5 Å². The van der Waals surface area contributed by atoms with Crippen LogP contribution < -0.4 is 10.6 Å². The van der Waals surface area contributed by atoms with Gasteiger partial charge < -0.3 is 15.7 Å². The van der Waals surface area contributed by atoms with Gasteiger partial charge in [0.05, 0.1) is 6.42 Å². The Morgan fingerprint density at radius 2 is 1.80 bits per heavy atom. The summed E-state index contributed by atoms with van der Waals surface area (Å²) in [6.45, 7) is 4.73. The van der Waals surface area contributed by atoms with Crippen molar-refractivity contribution in [1.29, 1.82) is 0 Å². The highest BCUT2D eigenvalue weighted by Crippen LogP contribution is 2.44. The molecule has 0 aromatic heterocycles. The van der Waals surface area contributed by atoms with Gasteiger partial charge >= 0.3 is 12.0 Å². The summed E-state index contributed by atoms with van der Waals surface area (Å²) in [5.41, 5.74) is -0.0403. The zero-order valence-electron chi connectivity index (χ0n) is 12.5. The molecule has 114 valence electrons. The molecule has 5 heteroatoms. The normalized spacial score (nSPS) is 26.6. The average Bonchev–Trinajstić information content (AvgIpc) is 2.94. The van der Waals surface area contributed by atoms with Crippen LogP contribution in [0.3, 0.4) is 0 Å². The molecule has 3 N–H and O–H groups in total. The standard InChI is InChI=1S/C15H26N2O3/c1-14(2)8-11(14)17-13(20)16-10-15(9-12(18)19)6-4-3-5-7-15/h11H,3-10H2,1-2H3,(H,18,19)(H2,16,17,20). The molecule has 0 heterocycles. The predicted octanol–water partition coefficient (Wildman–Crippen LogP) is 2.51. The van der Waals surface area contributed by atoms with Gasteiger partial charge in [-0.05, 0) is 30.1 Å². The van der Waals surface area contributed by atoms with E-state index in [4.69, 9.17) is 5.11 Å². The van der Waals surface area contributed by atoms with E-state index in [-0.39, 0.29) is 29.3 Å². The lowest BCUT2D eigenvalue weighted by Crippen LogP contribution is -2.45. The number of amides is 2. The van der Waals surface area contributed by atoms with Crippen molar-refractivity contribution < 1.29 is 14.7 Å². The van der Waals surface area contributed by atoms with Crippen LogP contribution in [0.4, 0.5) is 4.79 Å². The van der Waals surface area contributed by atoms with Crippen LogP contribution >= 0.6 is 0 Å². The molecule has 2 aliphatic carbocycles. The van der Waals surface area contributed by atoms with Crippen LogP contribution in [-0.4, -0.2) is 29.7 Å². The summed E-state index contributed by atoms with van der Waals surface area (Å²) < 4.78 is 0. The fourth-order valence-corrected chi connectivity index (χ4v) is 3.23. The number of aliphatic carboxylic acids is 1. The highest BCUT2D eigenvalue weighted by atomic mass is 16.4. The Bertz CT molecular complexity index is 387. The van der Waals surface area contributed by atoms with Gasteiger partial charge in [0.15, 0.2) is 0 Å². The smallest absolute Gasteiger partial charge is 0.315 e. The fraction of sp³-hybridized carbons (Fsp3) is 0.867.